The van der Waals surface area contributed by atoms with Crippen molar-refractivity contribution >= 4 is 23.5 Å². The fourth-order valence-electron chi connectivity index (χ4n) is 2.41. The molecule has 0 radical (unpaired) electrons. The Hall–Kier alpha value is -0.160. The van der Waals surface area contributed by atoms with Gasteiger partial charge in [0.05, 0.1) is 0 Å². The molecule has 1 fully saturated rings. The van der Waals surface area contributed by atoms with Gasteiger partial charge in [-0.1, -0.05) is 43.7 Å². The molecule has 4 unspecified atom stereocenters. The summed E-state index contributed by atoms with van der Waals surface area (Å²) in [5.74, 6) is 6.99. The van der Waals surface area contributed by atoms with E-state index in [-0.39, 0.29) is 0 Å². The summed E-state index contributed by atoms with van der Waals surface area (Å²) in [6.07, 6.45) is 1.01. The molecule has 1 aliphatic heterocycles. The normalized spacial score (nSPS) is 29.2. The molecule has 1 aliphatic rings. The molecule has 0 bridgehead atoms. The standard InChI is InChI=1S/C15H24N2S2/c1-10-5-4-6-13(7-10)8-14(17-16)15-9-18-11(2)12(3)19-15/h4-7,11-12,14-15,17H,8-9,16H2,1-3H3. The van der Waals surface area contributed by atoms with Gasteiger partial charge in [0.15, 0.2) is 0 Å². The maximum atomic E-state index is 5.80. The number of hydrazine groups is 1. The van der Waals surface area contributed by atoms with Crippen LogP contribution >= 0.6 is 23.5 Å². The topological polar surface area (TPSA) is 38.0 Å². The number of thioether (sulfide) groups is 2. The number of rotatable bonds is 4. The fraction of sp³-hybridized carbons (Fsp3) is 0.600. The summed E-state index contributed by atoms with van der Waals surface area (Å²) in [4.78, 5) is 0. The van der Waals surface area contributed by atoms with Crippen molar-refractivity contribution < 1.29 is 0 Å². The van der Waals surface area contributed by atoms with Crippen LogP contribution in [0.25, 0.3) is 0 Å². The molecule has 19 heavy (non-hydrogen) atoms. The van der Waals surface area contributed by atoms with Crippen molar-refractivity contribution in [2.24, 2.45) is 5.84 Å². The van der Waals surface area contributed by atoms with E-state index >= 15 is 0 Å². The average molecular weight is 297 g/mol. The third-order valence-electron chi connectivity index (χ3n) is 3.77. The number of aryl methyl sites for hydroxylation is 1. The van der Waals surface area contributed by atoms with Crippen LogP contribution in [0.5, 0.6) is 0 Å². The maximum Gasteiger partial charge on any atom is 0.0377 e. The molecule has 1 heterocycles. The van der Waals surface area contributed by atoms with Gasteiger partial charge in [-0.15, -0.1) is 0 Å². The Balaban J connectivity index is 2.00. The van der Waals surface area contributed by atoms with Gasteiger partial charge < -0.3 is 0 Å². The molecule has 2 rings (SSSR count). The van der Waals surface area contributed by atoms with Crippen LogP contribution in [0.2, 0.25) is 0 Å². The largest absolute Gasteiger partial charge is 0.271 e. The summed E-state index contributed by atoms with van der Waals surface area (Å²) >= 11 is 4.16. The van der Waals surface area contributed by atoms with Gasteiger partial charge in [-0.05, 0) is 18.9 Å². The van der Waals surface area contributed by atoms with Crippen LogP contribution in [0.4, 0.5) is 0 Å². The Morgan fingerprint density at radius 3 is 2.79 bits per heavy atom. The molecule has 0 spiro atoms. The predicted octanol–water partition coefficient (Wildman–Crippen LogP) is 3.00. The zero-order valence-corrected chi connectivity index (χ0v) is 13.6. The second kappa shape index (κ2) is 7.02. The lowest BCUT2D eigenvalue weighted by Gasteiger charge is -2.35. The number of nitrogens with one attached hydrogen (secondary N) is 1. The van der Waals surface area contributed by atoms with Gasteiger partial charge in [-0.3, -0.25) is 11.3 Å². The van der Waals surface area contributed by atoms with Crippen LogP contribution in [-0.2, 0) is 6.42 Å². The van der Waals surface area contributed by atoms with Crippen LogP contribution in [0.1, 0.15) is 25.0 Å². The van der Waals surface area contributed by atoms with Crippen LogP contribution in [0.3, 0.4) is 0 Å². The predicted molar refractivity (Wildman–Crippen MR) is 88.8 cm³/mol. The molecule has 4 atom stereocenters. The van der Waals surface area contributed by atoms with Crippen molar-refractivity contribution in [3.8, 4) is 0 Å². The SMILES string of the molecule is Cc1cccc(CC(NN)C2CSC(C)C(C)S2)c1. The average Bonchev–Trinajstić information content (AvgIpc) is 2.39. The van der Waals surface area contributed by atoms with E-state index in [4.69, 9.17) is 5.84 Å². The summed E-state index contributed by atoms with van der Waals surface area (Å²) in [7, 11) is 0. The highest BCUT2D eigenvalue weighted by Gasteiger charge is 2.30. The zero-order chi connectivity index (χ0) is 13.8. The van der Waals surface area contributed by atoms with Crippen molar-refractivity contribution in [3.63, 3.8) is 0 Å². The zero-order valence-electron chi connectivity index (χ0n) is 11.9. The number of hydrogen-bond acceptors (Lipinski definition) is 4. The van der Waals surface area contributed by atoms with Crippen molar-refractivity contribution in [2.45, 2.75) is 49.0 Å². The third kappa shape index (κ3) is 4.15. The lowest BCUT2D eigenvalue weighted by Crippen LogP contribution is -2.47. The molecular weight excluding hydrogens is 272 g/mol. The van der Waals surface area contributed by atoms with E-state index in [9.17, 15) is 0 Å². The van der Waals surface area contributed by atoms with E-state index in [2.05, 4.69) is 74.0 Å². The van der Waals surface area contributed by atoms with Gasteiger partial charge in [0.1, 0.15) is 0 Å². The van der Waals surface area contributed by atoms with E-state index in [0.717, 1.165) is 11.7 Å². The summed E-state index contributed by atoms with van der Waals surface area (Å²) in [6, 6.07) is 9.09. The summed E-state index contributed by atoms with van der Waals surface area (Å²) in [5, 5.41) is 2.05. The van der Waals surface area contributed by atoms with Crippen LogP contribution in [0, 0.1) is 6.92 Å². The minimum absolute atomic E-state index is 0.356. The Labute approximate surface area is 125 Å². The molecule has 3 N–H and O–H groups in total. The highest BCUT2D eigenvalue weighted by molar-refractivity contribution is 8.07. The second-order valence-corrected chi connectivity index (χ2v) is 8.42. The van der Waals surface area contributed by atoms with Crippen LogP contribution in [0.15, 0.2) is 24.3 Å². The first-order valence-electron chi connectivity index (χ1n) is 6.89. The van der Waals surface area contributed by atoms with Gasteiger partial charge >= 0.3 is 0 Å². The highest BCUT2D eigenvalue weighted by atomic mass is 32.2. The molecule has 0 aromatic heterocycles. The molecule has 0 saturated carbocycles. The van der Waals surface area contributed by atoms with Crippen LogP contribution in [-0.4, -0.2) is 27.5 Å². The molecule has 1 aromatic rings. The Bertz CT molecular complexity index is 411. The highest BCUT2D eigenvalue weighted by Crippen LogP contribution is 2.37. The molecule has 2 nitrogen and oxygen atoms in total. The second-order valence-electron chi connectivity index (χ2n) is 5.38. The number of hydrogen-bond donors (Lipinski definition) is 2. The molecule has 106 valence electrons. The molecule has 0 aliphatic carbocycles. The van der Waals surface area contributed by atoms with E-state index in [1.165, 1.54) is 16.9 Å². The van der Waals surface area contributed by atoms with E-state index in [1.807, 2.05) is 0 Å². The molecule has 1 aromatic carbocycles. The summed E-state index contributed by atoms with van der Waals surface area (Å²) in [6.45, 7) is 6.79. The third-order valence-corrected chi connectivity index (χ3v) is 7.33. The quantitative estimate of drug-likeness (QED) is 0.662. The van der Waals surface area contributed by atoms with Crippen molar-refractivity contribution in [1.82, 2.24) is 5.43 Å². The lowest BCUT2D eigenvalue weighted by atomic mass is 10.0. The fourth-order valence-corrected chi connectivity index (χ4v) is 5.52. The van der Waals surface area contributed by atoms with Crippen LogP contribution < -0.4 is 11.3 Å². The minimum atomic E-state index is 0.356. The molecule has 1 saturated heterocycles. The lowest BCUT2D eigenvalue weighted by molar-refractivity contribution is 0.521. The van der Waals surface area contributed by atoms with Gasteiger partial charge in [0, 0.05) is 27.5 Å². The van der Waals surface area contributed by atoms with E-state index in [1.54, 1.807) is 0 Å². The van der Waals surface area contributed by atoms with Gasteiger partial charge in [0.2, 0.25) is 0 Å². The maximum absolute atomic E-state index is 5.80. The first kappa shape index (κ1) is 15.2. The molecular formula is C15H24N2S2. The summed E-state index contributed by atoms with van der Waals surface area (Å²) in [5.41, 5.74) is 5.74. The van der Waals surface area contributed by atoms with E-state index < -0.39 is 0 Å². The molecule has 4 heteroatoms. The first-order chi connectivity index (χ1) is 9.10. The number of benzene rings is 1. The van der Waals surface area contributed by atoms with Crippen molar-refractivity contribution in [3.05, 3.63) is 35.4 Å². The minimum Gasteiger partial charge on any atom is -0.271 e. The number of nitrogens with two attached hydrogens (primary N) is 1. The Kier molecular flexibility index (Phi) is 5.63. The summed E-state index contributed by atoms with van der Waals surface area (Å²) < 4.78 is 0. The molecule has 0 amide bonds. The Morgan fingerprint density at radius 2 is 2.16 bits per heavy atom. The first-order valence-corrected chi connectivity index (χ1v) is 8.88. The smallest absolute Gasteiger partial charge is 0.0377 e. The van der Waals surface area contributed by atoms with Gasteiger partial charge in [-0.25, -0.2) is 0 Å². The van der Waals surface area contributed by atoms with E-state index in [0.29, 0.717) is 16.5 Å². The van der Waals surface area contributed by atoms with Crippen molar-refractivity contribution in [2.75, 3.05) is 5.75 Å². The van der Waals surface area contributed by atoms with Gasteiger partial charge in [-0.2, -0.15) is 23.5 Å². The Morgan fingerprint density at radius 1 is 1.37 bits per heavy atom. The van der Waals surface area contributed by atoms with Gasteiger partial charge in [0.25, 0.3) is 0 Å². The van der Waals surface area contributed by atoms with Crippen molar-refractivity contribution in [1.29, 1.82) is 0 Å². The monoisotopic (exact) mass is 296 g/mol.